The molecule has 0 unspecified atom stereocenters. The number of imidazole rings is 1. The van der Waals surface area contributed by atoms with E-state index in [0.29, 0.717) is 30.0 Å². The van der Waals surface area contributed by atoms with Crippen molar-refractivity contribution in [1.82, 2.24) is 13.9 Å². The van der Waals surface area contributed by atoms with Gasteiger partial charge in [-0.1, -0.05) is 19.9 Å². The highest BCUT2D eigenvalue weighted by atomic mass is 32.2. The molecule has 0 saturated heterocycles. The smallest absolute Gasteiger partial charge is 0.275 e. The van der Waals surface area contributed by atoms with Crippen molar-refractivity contribution in [2.45, 2.75) is 25.7 Å². The Labute approximate surface area is 175 Å². The molecule has 0 aliphatic heterocycles. The molecule has 3 aromatic rings. The Morgan fingerprint density at radius 3 is 2.40 bits per heavy atom. The highest BCUT2D eigenvalue weighted by Gasteiger charge is 2.21. The second kappa shape index (κ2) is 8.76. The molecule has 7 nitrogen and oxygen atoms in total. The molecule has 0 atom stereocenters. The van der Waals surface area contributed by atoms with Gasteiger partial charge in [-0.05, 0) is 48.9 Å². The van der Waals surface area contributed by atoms with Crippen molar-refractivity contribution in [2.24, 2.45) is 0 Å². The number of halogens is 1. The third-order valence-corrected chi connectivity index (χ3v) is 6.79. The fourth-order valence-corrected chi connectivity index (χ4v) is 4.41. The van der Waals surface area contributed by atoms with E-state index in [2.05, 4.69) is 10.3 Å². The summed E-state index contributed by atoms with van der Waals surface area (Å²) in [5.41, 5.74) is 1.63. The minimum absolute atomic E-state index is 0.149. The molecular weight excluding hydrogens is 407 g/mol. The Balaban J connectivity index is 1.77. The van der Waals surface area contributed by atoms with Crippen LogP contribution in [-0.2, 0) is 10.0 Å². The van der Waals surface area contributed by atoms with Gasteiger partial charge in [0.05, 0.1) is 4.90 Å². The first-order valence-corrected chi connectivity index (χ1v) is 10.9. The summed E-state index contributed by atoms with van der Waals surface area (Å²) in [7, 11) is -3.54. The van der Waals surface area contributed by atoms with Gasteiger partial charge in [0.15, 0.2) is 0 Å². The van der Waals surface area contributed by atoms with Crippen LogP contribution in [0.25, 0.3) is 5.69 Å². The van der Waals surface area contributed by atoms with E-state index in [1.165, 1.54) is 35.0 Å². The summed E-state index contributed by atoms with van der Waals surface area (Å²) in [5, 5.41) is 2.61. The Bertz CT molecular complexity index is 1150. The molecule has 30 heavy (non-hydrogen) atoms. The van der Waals surface area contributed by atoms with Crippen LogP contribution in [0.3, 0.4) is 0 Å². The number of sulfonamides is 1. The Morgan fingerprint density at radius 2 is 1.80 bits per heavy atom. The average molecular weight is 431 g/mol. The van der Waals surface area contributed by atoms with Crippen LogP contribution in [0.5, 0.6) is 0 Å². The van der Waals surface area contributed by atoms with Crippen molar-refractivity contribution >= 4 is 21.6 Å². The minimum atomic E-state index is -3.54. The predicted molar refractivity (Wildman–Crippen MR) is 113 cm³/mol. The van der Waals surface area contributed by atoms with E-state index in [1.54, 1.807) is 49.6 Å². The third kappa shape index (κ3) is 4.42. The lowest BCUT2D eigenvalue weighted by Gasteiger charge is -2.18. The molecule has 0 saturated carbocycles. The van der Waals surface area contributed by atoms with Crippen LogP contribution in [0, 0.1) is 12.7 Å². The zero-order valence-corrected chi connectivity index (χ0v) is 17.8. The van der Waals surface area contributed by atoms with Gasteiger partial charge in [-0.15, -0.1) is 0 Å². The lowest BCUT2D eigenvalue weighted by atomic mass is 10.2. The van der Waals surface area contributed by atoms with E-state index in [4.69, 9.17) is 0 Å². The Kier molecular flexibility index (Phi) is 6.33. The van der Waals surface area contributed by atoms with Crippen molar-refractivity contribution in [3.8, 4) is 5.69 Å². The molecule has 1 heterocycles. The number of hydrogen-bond acceptors (Lipinski definition) is 4. The number of nitrogens with zero attached hydrogens (tertiary/aromatic N) is 3. The lowest BCUT2D eigenvalue weighted by Crippen LogP contribution is -2.30. The minimum Gasteiger partial charge on any atom is -0.321 e. The first-order valence-electron chi connectivity index (χ1n) is 9.48. The normalized spacial score (nSPS) is 11.6. The number of nitrogens with one attached hydrogen (secondary N) is 1. The molecule has 0 aliphatic carbocycles. The van der Waals surface area contributed by atoms with Crippen LogP contribution in [0.4, 0.5) is 10.1 Å². The van der Waals surface area contributed by atoms with E-state index < -0.39 is 21.7 Å². The molecule has 158 valence electrons. The lowest BCUT2D eigenvalue weighted by molar-refractivity contribution is 0.102. The summed E-state index contributed by atoms with van der Waals surface area (Å²) in [4.78, 5) is 16.7. The fraction of sp³-hybridized carbons (Fsp3) is 0.238. The van der Waals surface area contributed by atoms with Gasteiger partial charge >= 0.3 is 0 Å². The molecule has 0 spiro atoms. The first-order chi connectivity index (χ1) is 14.3. The number of anilines is 1. The number of amides is 1. The summed E-state index contributed by atoms with van der Waals surface area (Å²) >= 11 is 0. The van der Waals surface area contributed by atoms with E-state index in [-0.39, 0.29) is 10.6 Å². The van der Waals surface area contributed by atoms with E-state index in [9.17, 15) is 17.6 Å². The summed E-state index contributed by atoms with van der Waals surface area (Å²) in [6.45, 7) is 6.01. The monoisotopic (exact) mass is 430 g/mol. The maximum Gasteiger partial charge on any atom is 0.275 e. The second-order valence-electron chi connectivity index (χ2n) is 6.67. The molecule has 3 rings (SSSR count). The largest absolute Gasteiger partial charge is 0.321 e. The molecule has 0 bridgehead atoms. The fourth-order valence-electron chi connectivity index (χ4n) is 2.95. The third-order valence-electron chi connectivity index (χ3n) is 4.72. The zero-order valence-electron chi connectivity index (χ0n) is 17.0. The number of carbonyl (C=O) groups excluding carboxylic acids is 1. The zero-order chi connectivity index (χ0) is 21.9. The topological polar surface area (TPSA) is 84.3 Å². The van der Waals surface area contributed by atoms with Gasteiger partial charge in [-0.25, -0.2) is 17.8 Å². The van der Waals surface area contributed by atoms with Crippen LogP contribution in [0.15, 0.2) is 59.9 Å². The summed E-state index contributed by atoms with van der Waals surface area (Å²) in [5.74, 6) is -0.879. The maximum absolute atomic E-state index is 13.7. The number of hydrogen-bond donors (Lipinski definition) is 1. The molecule has 0 aliphatic rings. The summed E-state index contributed by atoms with van der Waals surface area (Å²) in [6, 6.07) is 10.8. The average Bonchev–Trinajstić information content (AvgIpc) is 3.22. The molecule has 1 amide bonds. The standard InChI is InChI=1S/C21H23FN4O3S/c1-4-26(5-2)30(28,29)18-10-8-17(9-11-18)25-13-20(23-14-25)21(27)24-16-7-6-15(3)19(22)12-16/h6-14H,4-5H2,1-3H3,(H,24,27). The summed E-state index contributed by atoms with van der Waals surface area (Å²) < 4.78 is 41.8. The highest BCUT2D eigenvalue weighted by Crippen LogP contribution is 2.19. The summed E-state index contributed by atoms with van der Waals surface area (Å²) in [6.07, 6.45) is 2.98. The number of aryl methyl sites for hydroxylation is 1. The van der Waals surface area contributed by atoms with Crippen molar-refractivity contribution < 1.29 is 17.6 Å². The maximum atomic E-state index is 13.7. The first kappa shape index (κ1) is 21.7. The Hall–Kier alpha value is -3.04. The molecule has 1 N–H and O–H groups in total. The molecule has 2 aromatic carbocycles. The number of benzene rings is 2. The number of aromatic nitrogens is 2. The molecular formula is C21H23FN4O3S. The van der Waals surface area contributed by atoms with Gasteiger partial charge in [-0.3, -0.25) is 4.79 Å². The van der Waals surface area contributed by atoms with Gasteiger partial charge in [0.25, 0.3) is 5.91 Å². The predicted octanol–water partition coefficient (Wildman–Crippen LogP) is 3.60. The van der Waals surface area contributed by atoms with Gasteiger partial charge in [0.1, 0.15) is 17.8 Å². The Morgan fingerprint density at radius 1 is 1.13 bits per heavy atom. The van der Waals surface area contributed by atoms with E-state index in [0.717, 1.165) is 0 Å². The van der Waals surface area contributed by atoms with Gasteiger partial charge in [0, 0.05) is 30.7 Å². The number of rotatable bonds is 7. The SMILES string of the molecule is CCN(CC)S(=O)(=O)c1ccc(-n2cnc(C(=O)Nc3ccc(C)c(F)c3)c2)cc1. The number of carbonyl (C=O) groups is 1. The van der Waals surface area contributed by atoms with Crippen LogP contribution < -0.4 is 5.32 Å². The van der Waals surface area contributed by atoms with Crippen molar-refractivity contribution in [2.75, 3.05) is 18.4 Å². The molecule has 0 fully saturated rings. The van der Waals surface area contributed by atoms with Gasteiger partial charge in [0.2, 0.25) is 10.0 Å². The highest BCUT2D eigenvalue weighted by molar-refractivity contribution is 7.89. The quantitative estimate of drug-likeness (QED) is 0.621. The van der Waals surface area contributed by atoms with Crippen molar-refractivity contribution in [3.63, 3.8) is 0 Å². The molecule has 0 radical (unpaired) electrons. The van der Waals surface area contributed by atoms with Crippen LogP contribution in [-0.4, -0.2) is 41.3 Å². The van der Waals surface area contributed by atoms with Crippen LogP contribution in [0.2, 0.25) is 0 Å². The van der Waals surface area contributed by atoms with Crippen LogP contribution >= 0.6 is 0 Å². The van der Waals surface area contributed by atoms with E-state index >= 15 is 0 Å². The van der Waals surface area contributed by atoms with Crippen molar-refractivity contribution in [1.29, 1.82) is 0 Å². The van der Waals surface area contributed by atoms with Crippen molar-refractivity contribution in [3.05, 3.63) is 72.1 Å². The second-order valence-corrected chi connectivity index (χ2v) is 8.61. The molecule has 9 heteroatoms. The van der Waals surface area contributed by atoms with E-state index in [1.807, 2.05) is 0 Å². The van der Waals surface area contributed by atoms with Gasteiger partial charge < -0.3 is 9.88 Å². The van der Waals surface area contributed by atoms with Gasteiger partial charge in [-0.2, -0.15) is 4.31 Å². The van der Waals surface area contributed by atoms with Crippen LogP contribution in [0.1, 0.15) is 29.9 Å². The molecule has 1 aromatic heterocycles.